The van der Waals surface area contributed by atoms with Crippen molar-refractivity contribution in [3.8, 4) is 6.01 Å². The van der Waals surface area contributed by atoms with Gasteiger partial charge in [-0.25, -0.2) is 0 Å². The number of carboxylic acids is 1. The van der Waals surface area contributed by atoms with Gasteiger partial charge in [-0.05, 0) is 23.9 Å². The summed E-state index contributed by atoms with van der Waals surface area (Å²) in [6.07, 6.45) is 0.568. The van der Waals surface area contributed by atoms with Crippen molar-refractivity contribution < 1.29 is 14.6 Å². The number of hydrogen-bond donors (Lipinski definition) is 2. The van der Waals surface area contributed by atoms with Crippen molar-refractivity contribution in [1.29, 1.82) is 0 Å². The first kappa shape index (κ1) is 15.4. The summed E-state index contributed by atoms with van der Waals surface area (Å²) >= 11 is 5.69. The van der Waals surface area contributed by atoms with Crippen LogP contribution in [-0.4, -0.2) is 39.7 Å². The van der Waals surface area contributed by atoms with E-state index in [0.29, 0.717) is 12.3 Å². The molecular formula is C11H17ClN4O3. The molecule has 0 spiro atoms. The Balaban J connectivity index is 2.68. The van der Waals surface area contributed by atoms with Gasteiger partial charge in [-0.2, -0.15) is 15.0 Å². The average Bonchev–Trinajstić information content (AvgIpc) is 2.33. The van der Waals surface area contributed by atoms with Crippen LogP contribution in [0.5, 0.6) is 6.01 Å². The normalized spacial score (nSPS) is 12.3. The third kappa shape index (κ3) is 5.25. The standard InChI is InChI=1S/C11H17ClN4O3/c1-6(2)4-7(8(17)18)5-13-10-14-9(12)15-11(16-10)19-3/h6-7H,4-5H2,1-3H3,(H,17,18)(H,13,14,15,16). The fraction of sp³-hybridized carbons (Fsp3) is 0.636. The van der Waals surface area contributed by atoms with Crippen LogP contribution in [0.2, 0.25) is 5.28 Å². The summed E-state index contributed by atoms with van der Waals surface area (Å²) in [5.41, 5.74) is 0. The number of halogens is 1. The number of aliphatic carboxylic acids is 1. The van der Waals surface area contributed by atoms with Gasteiger partial charge in [0.1, 0.15) is 0 Å². The minimum absolute atomic E-state index is 0.00918. The van der Waals surface area contributed by atoms with E-state index < -0.39 is 11.9 Å². The van der Waals surface area contributed by atoms with Gasteiger partial charge in [-0.15, -0.1) is 0 Å². The highest BCUT2D eigenvalue weighted by Crippen LogP contribution is 2.15. The maximum atomic E-state index is 11.1. The second-order valence-corrected chi connectivity index (χ2v) is 4.80. The van der Waals surface area contributed by atoms with Crippen molar-refractivity contribution in [2.75, 3.05) is 19.0 Å². The third-order valence-electron chi connectivity index (χ3n) is 2.38. The largest absolute Gasteiger partial charge is 0.481 e. The molecule has 0 amide bonds. The molecule has 1 rings (SSSR count). The molecule has 0 saturated carbocycles. The minimum atomic E-state index is -0.853. The lowest BCUT2D eigenvalue weighted by atomic mass is 9.97. The van der Waals surface area contributed by atoms with Crippen LogP contribution in [0.25, 0.3) is 0 Å². The molecule has 1 unspecified atom stereocenters. The van der Waals surface area contributed by atoms with Crippen molar-refractivity contribution >= 4 is 23.5 Å². The minimum Gasteiger partial charge on any atom is -0.481 e. The Morgan fingerprint density at radius 3 is 2.63 bits per heavy atom. The Labute approximate surface area is 116 Å². The first-order valence-corrected chi connectivity index (χ1v) is 6.22. The van der Waals surface area contributed by atoms with Gasteiger partial charge in [0.2, 0.25) is 11.2 Å². The summed E-state index contributed by atoms with van der Waals surface area (Å²) in [5.74, 6) is -0.874. The van der Waals surface area contributed by atoms with E-state index in [-0.39, 0.29) is 23.8 Å². The molecule has 0 aliphatic rings. The first-order valence-electron chi connectivity index (χ1n) is 5.84. The third-order valence-corrected chi connectivity index (χ3v) is 2.55. The molecule has 1 aromatic heterocycles. The molecule has 8 heteroatoms. The van der Waals surface area contributed by atoms with Crippen LogP contribution in [0, 0.1) is 11.8 Å². The molecule has 1 heterocycles. The van der Waals surface area contributed by atoms with E-state index in [2.05, 4.69) is 20.3 Å². The first-order chi connectivity index (χ1) is 8.92. The lowest BCUT2D eigenvalue weighted by Gasteiger charge is -2.15. The quantitative estimate of drug-likeness (QED) is 0.788. The summed E-state index contributed by atoms with van der Waals surface area (Å²) in [6, 6.07) is 0.0817. The highest BCUT2D eigenvalue weighted by atomic mass is 35.5. The molecule has 0 aliphatic heterocycles. The number of carboxylic acid groups (broad SMARTS) is 1. The molecule has 7 nitrogen and oxygen atoms in total. The Morgan fingerprint density at radius 2 is 2.11 bits per heavy atom. The summed E-state index contributed by atoms with van der Waals surface area (Å²) in [4.78, 5) is 22.6. The van der Waals surface area contributed by atoms with E-state index in [1.54, 1.807) is 0 Å². The van der Waals surface area contributed by atoms with Crippen molar-refractivity contribution in [2.45, 2.75) is 20.3 Å². The van der Waals surface area contributed by atoms with Crippen LogP contribution >= 0.6 is 11.6 Å². The smallest absolute Gasteiger partial charge is 0.322 e. The summed E-state index contributed by atoms with van der Waals surface area (Å²) < 4.78 is 4.85. The Hall–Kier alpha value is -1.63. The summed E-state index contributed by atoms with van der Waals surface area (Å²) in [6.45, 7) is 4.16. The van der Waals surface area contributed by atoms with Crippen LogP contribution in [-0.2, 0) is 4.79 Å². The van der Waals surface area contributed by atoms with Gasteiger partial charge >= 0.3 is 12.0 Å². The molecular weight excluding hydrogens is 272 g/mol. The molecule has 2 N–H and O–H groups in total. The monoisotopic (exact) mass is 288 g/mol. The van der Waals surface area contributed by atoms with E-state index in [1.165, 1.54) is 7.11 Å². The highest BCUT2D eigenvalue weighted by Gasteiger charge is 2.19. The van der Waals surface area contributed by atoms with Gasteiger partial charge in [0.15, 0.2) is 0 Å². The Morgan fingerprint density at radius 1 is 1.42 bits per heavy atom. The van der Waals surface area contributed by atoms with Crippen LogP contribution in [0.1, 0.15) is 20.3 Å². The second kappa shape index (κ2) is 7.08. The number of ether oxygens (including phenoxy) is 1. The van der Waals surface area contributed by atoms with E-state index in [4.69, 9.17) is 21.4 Å². The van der Waals surface area contributed by atoms with Gasteiger partial charge in [0.25, 0.3) is 0 Å². The Kier molecular flexibility index (Phi) is 5.75. The summed E-state index contributed by atoms with van der Waals surface area (Å²) in [5, 5.41) is 11.9. The molecule has 0 radical (unpaired) electrons. The summed E-state index contributed by atoms with van der Waals surface area (Å²) in [7, 11) is 1.41. The van der Waals surface area contributed by atoms with Gasteiger partial charge < -0.3 is 15.2 Å². The van der Waals surface area contributed by atoms with Crippen LogP contribution in [0.15, 0.2) is 0 Å². The molecule has 106 valence electrons. The predicted molar refractivity (Wildman–Crippen MR) is 70.5 cm³/mol. The van der Waals surface area contributed by atoms with Gasteiger partial charge in [-0.1, -0.05) is 13.8 Å². The zero-order valence-corrected chi connectivity index (χ0v) is 11.8. The van der Waals surface area contributed by atoms with Crippen LogP contribution < -0.4 is 10.1 Å². The molecule has 0 aliphatic carbocycles. The van der Waals surface area contributed by atoms with E-state index in [1.807, 2.05) is 13.8 Å². The van der Waals surface area contributed by atoms with E-state index in [9.17, 15) is 4.79 Å². The number of anilines is 1. The number of nitrogens with one attached hydrogen (secondary N) is 1. The second-order valence-electron chi connectivity index (χ2n) is 4.46. The topological polar surface area (TPSA) is 97.2 Å². The van der Waals surface area contributed by atoms with E-state index >= 15 is 0 Å². The maximum absolute atomic E-state index is 11.1. The number of methoxy groups -OCH3 is 1. The van der Waals surface area contributed by atoms with Gasteiger partial charge in [0, 0.05) is 6.54 Å². The number of aromatic nitrogens is 3. The van der Waals surface area contributed by atoms with Crippen molar-refractivity contribution in [2.24, 2.45) is 11.8 Å². The SMILES string of the molecule is COc1nc(Cl)nc(NCC(CC(C)C)C(=O)O)n1. The number of rotatable bonds is 7. The Bertz CT molecular complexity index is 442. The van der Waals surface area contributed by atoms with Crippen LogP contribution in [0.3, 0.4) is 0 Å². The van der Waals surface area contributed by atoms with Gasteiger partial charge in [-0.3, -0.25) is 4.79 Å². The van der Waals surface area contributed by atoms with E-state index in [0.717, 1.165) is 0 Å². The zero-order chi connectivity index (χ0) is 14.4. The number of nitrogens with zero attached hydrogens (tertiary/aromatic N) is 3. The van der Waals surface area contributed by atoms with Gasteiger partial charge in [0.05, 0.1) is 13.0 Å². The number of hydrogen-bond acceptors (Lipinski definition) is 6. The lowest BCUT2D eigenvalue weighted by Crippen LogP contribution is -2.25. The molecule has 0 fully saturated rings. The molecule has 0 aromatic carbocycles. The molecule has 0 bridgehead atoms. The van der Waals surface area contributed by atoms with Crippen molar-refractivity contribution in [3.05, 3.63) is 5.28 Å². The number of carbonyl (C=O) groups is 1. The van der Waals surface area contributed by atoms with Crippen molar-refractivity contribution in [3.63, 3.8) is 0 Å². The van der Waals surface area contributed by atoms with Crippen LogP contribution in [0.4, 0.5) is 5.95 Å². The molecule has 0 saturated heterocycles. The lowest BCUT2D eigenvalue weighted by molar-refractivity contribution is -0.141. The molecule has 19 heavy (non-hydrogen) atoms. The fourth-order valence-electron chi connectivity index (χ4n) is 1.56. The predicted octanol–water partition coefficient (Wildman–Crippen LogP) is 1.69. The molecule has 1 aromatic rings. The average molecular weight is 289 g/mol. The highest BCUT2D eigenvalue weighted by molar-refractivity contribution is 6.28. The van der Waals surface area contributed by atoms with Crippen molar-refractivity contribution in [1.82, 2.24) is 15.0 Å². The fourth-order valence-corrected chi connectivity index (χ4v) is 1.71. The zero-order valence-electron chi connectivity index (χ0n) is 11.1. The molecule has 1 atom stereocenters. The maximum Gasteiger partial charge on any atom is 0.322 e.